The van der Waals surface area contributed by atoms with Gasteiger partial charge < -0.3 is 20.1 Å². The van der Waals surface area contributed by atoms with Crippen molar-refractivity contribution in [2.24, 2.45) is 11.7 Å². The topological polar surface area (TPSA) is 84.2 Å². The highest BCUT2D eigenvalue weighted by molar-refractivity contribution is 5.91. The minimum Gasteiger partial charge on any atom is -0.496 e. The first kappa shape index (κ1) is 37.0. The number of nitrogens with two attached hydrogens (primary N) is 1. The van der Waals surface area contributed by atoms with Crippen LogP contribution in [0.25, 0.3) is 0 Å². The van der Waals surface area contributed by atoms with Crippen LogP contribution in [0.3, 0.4) is 0 Å². The summed E-state index contributed by atoms with van der Waals surface area (Å²) >= 11 is 0. The van der Waals surface area contributed by atoms with Gasteiger partial charge in [0.1, 0.15) is 11.2 Å². The van der Waals surface area contributed by atoms with Crippen LogP contribution in [0.2, 0.25) is 0 Å². The zero-order valence-electron chi connectivity index (χ0n) is 30.1. The number of rotatable bonds is 19. The minimum atomic E-state index is -0.817. The van der Waals surface area contributed by atoms with Crippen LogP contribution in [0.4, 0.5) is 0 Å². The largest absolute Gasteiger partial charge is 0.496 e. The number of primary amides is 1. The lowest BCUT2D eigenvalue weighted by Crippen LogP contribution is -2.49. The van der Waals surface area contributed by atoms with Gasteiger partial charge in [-0.15, -0.1) is 0 Å². The molecule has 0 unspecified atom stereocenters. The second-order valence-corrected chi connectivity index (χ2v) is 14.2. The second kappa shape index (κ2) is 18.6. The van der Waals surface area contributed by atoms with Crippen molar-refractivity contribution < 1.29 is 14.3 Å². The van der Waals surface area contributed by atoms with Gasteiger partial charge in [-0.3, -0.25) is 19.6 Å². The molecule has 5 rings (SSSR count). The van der Waals surface area contributed by atoms with Gasteiger partial charge in [0.05, 0.1) is 7.11 Å². The molecular formula is C41H59N5O3. The summed E-state index contributed by atoms with van der Waals surface area (Å²) in [4.78, 5) is 25.4. The summed E-state index contributed by atoms with van der Waals surface area (Å²) in [5, 5.41) is 0. The van der Waals surface area contributed by atoms with Crippen LogP contribution < -0.4 is 10.5 Å². The van der Waals surface area contributed by atoms with E-state index in [-0.39, 0.29) is 11.8 Å². The Labute approximate surface area is 295 Å². The van der Waals surface area contributed by atoms with Crippen LogP contribution in [0.5, 0.6) is 5.75 Å². The fourth-order valence-electron chi connectivity index (χ4n) is 8.33. The lowest BCUT2D eigenvalue weighted by atomic mass is 9.64. The van der Waals surface area contributed by atoms with Gasteiger partial charge in [-0.05, 0) is 108 Å². The maximum absolute atomic E-state index is 13.3. The summed E-state index contributed by atoms with van der Waals surface area (Å²) in [6, 6.07) is 23.4. The second-order valence-electron chi connectivity index (χ2n) is 14.2. The Morgan fingerprint density at radius 3 is 2.18 bits per heavy atom. The predicted molar refractivity (Wildman–Crippen MR) is 198 cm³/mol. The zero-order chi connectivity index (χ0) is 34.5. The number of hydrogen-bond donors (Lipinski definition) is 1. The molecule has 1 amide bonds. The van der Waals surface area contributed by atoms with E-state index >= 15 is 0 Å². The molecule has 0 bridgehead atoms. The molecule has 49 heavy (non-hydrogen) atoms. The summed E-state index contributed by atoms with van der Waals surface area (Å²) in [5.41, 5.74) is 8.62. The lowest BCUT2D eigenvalue weighted by molar-refractivity contribution is -0.123. The van der Waals surface area contributed by atoms with Crippen molar-refractivity contribution in [1.82, 2.24) is 19.7 Å². The van der Waals surface area contributed by atoms with Gasteiger partial charge in [0, 0.05) is 62.9 Å². The molecule has 2 N–H and O–H groups in total. The van der Waals surface area contributed by atoms with Gasteiger partial charge in [-0.25, -0.2) is 0 Å². The molecule has 2 aliphatic rings. The lowest BCUT2D eigenvalue weighted by Gasteiger charge is -2.40. The molecule has 8 heteroatoms. The van der Waals surface area contributed by atoms with Crippen LogP contribution >= 0.6 is 0 Å². The minimum absolute atomic E-state index is 0.145. The number of amides is 1. The summed E-state index contributed by atoms with van der Waals surface area (Å²) < 4.78 is 11.6. The summed E-state index contributed by atoms with van der Waals surface area (Å²) in [5.74, 6) is 0.818. The Morgan fingerprint density at radius 2 is 1.55 bits per heavy atom. The van der Waals surface area contributed by atoms with Crippen molar-refractivity contribution >= 4 is 5.91 Å². The molecule has 3 aromatic rings. The number of piperidine rings is 1. The highest BCUT2D eigenvalue weighted by atomic mass is 16.5. The first-order chi connectivity index (χ1) is 23.9. The molecular weight excluding hydrogens is 610 g/mol. The third-order valence-electron chi connectivity index (χ3n) is 10.9. The smallest absolute Gasteiger partial charge is 0.232 e. The van der Waals surface area contributed by atoms with Crippen molar-refractivity contribution in [2.45, 2.75) is 82.8 Å². The first-order valence-corrected chi connectivity index (χ1v) is 18.6. The van der Waals surface area contributed by atoms with E-state index < -0.39 is 5.41 Å². The Kier molecular flexibility index (Phi) is 14.1. The van der Waals surface area contributed by atoms with Gasteiger partial charge >= 0.3 is 0 Å². The van der Waals surface area contributed by atoms with E-state index in [2.05, 4.69) is 57.8 Å². The summed E-state index contributed by atoms with van der Waals surface area (Å²) in [6.45, 7) is 13.4. The zero-order valence-corrected chi connectivity index (χ0v) is 30.1. The van der Waals surface area contributed by atoms with E-state index in [9.17, 15) is 4.79 Å². The van der Waals surface area contributed by atoms with Gasteiger partial charge in [-0.2, -0.15) is 0 Å². The maximum atomic E-state index is 13.3. The molecule has 1 aromatic heterocycles. The van der Waals surface area contributed by atoms with Crippen molar-refractivity contribution in [3.63, 3.8) is 0 Å². The number of likely N-dealkylation sites (tertiary alicyclic amines) is 2. The van der Waals surface area contributed by atoms with E-state index in [4.69, 9.17) is 15.2 Å². The Bertz CT molecular complexity index is 1360. The molecule has 2 saturated heterocycles. The highest BCUT2D eigenvalue weighted by Crippen LogP contribution is 2.43. The van der Waals surface area contributed by atoms with Gasteiger partial charge in [0.15, 0.2) is 0 Å². The molecule has 2 aromatic carbocycles. The molecule has 266 valence electrons. The summed E-state index contributed by atoms with van der Waals surface area (Å²) in [7, 11) is 1.73. The molecule has 1 atom stereocenters. The molecule has 8 nitrogen and oxygen atoms in total. The van der Waals surface area contributed by atoms with Crippen LogP contribution in [0, 0.1) is 5.92 Å². The molecule has 0 aliphatic carbocycles. The molecule has 2 aliphatic heterocycles. The van der Waals surface area contributed by atoms with Crippen LogP contribution in [-0.2, 0) is 21.5 Å². The number of carbonyl (C=O) groups excluding carboxylic acids is 1. The van der Waals surface area contributed by atoms with Gasteiger partial charge in [0.2, 0.25) is 5.91 Å². The molecule has 2 fully saturated rings. The van der Waals surface area contributed by atoms with Gasteiger partial charge in [-0.1, -0.05) is 60.7 Å². The number of ether oxygens (including phenoxy) is 2. The summed E-state index contributed by atoms with van der Waals surface area (Å²) in [6.07, 6.45) is 11.5. The number of carbonyl (C=O) groups is 1. The quantitative estimate of drug-likeness (QED) is 0.154. The number of pyridine rings is 1. The van der Waals surface area contributed by atoms with Crippen molar-refractivity contribution in [1.29, 1.82) is 0 Å². The standard InChI is InChI=1S/C41H59N5O3/c1-33(2)46(38-20-26-45(27-21-38)31-34-30-43-22-18-39(34)48-3)24-13-29-49-28-12-6-11-23-44-25-19-37(32-44)41(40(42)47,35-14-7-4-8-15-35)36-16-9-5-10-17-36/h4-5,7-10,14-18,22,30,33,37-38H,6,11-13,19-21,23-29,31-32H2,1-3H3,(H2,42,47)/t37-/m1/s1. The van der Waals surface area contributed by atoms with Crippen LogP contribution in [0.15, 0.2) is 79.1 Å². The fourth-order valence-corrected chi connectivity index (χ4v) is 8.33. The number of nitrogens with zero attached hydrogens (tertiary/aromatic N) is 4. The van der Waals surface area contributed by atoms with E-state index in [1.54, 1.807) is 13.3 Å². The van der Waals surface area contributed by atoms with Crippen molar-refractivity contribution in [3.8, 4) is 5.75 Å². The average molecular weight is 670 g/mol. The number of benzene rings is 2. The third-order valence-corrected chi connectivity index (χ3v) is 10.9. The van der Waals surface area contributed by atoms with E-state index in [1.165, 1.54) is 18.4 Å². The number of unbranched alkanes of at least 4 members (excludes halogenated alkanes) is 2. The first-order valence-electron chi connectivity index (χ1n) is 18.6. The van der Waals surface area contributed by atoms with Crippen LogP contribution in [-0.4, -0.2) is 97.3 Å². The molecule has 0 radical (unpaired) electrons. The van der Waals surface area contributed by atoms with Crippen molar-refractivity contribution in [2.75, 3.05) is 59.6 Å². The maximum Gasteiger partial charge on any atom is 0.232 e. The molecule has 0 saturated carbocycles. The average Bonchev–Trinajstić information content (AvgIpc) is 3.59. The van der Waals surface area contributed by atoms with Crippen molar-refractivity contribution in [3.05, 3.63) is 95.8 Å². The highest BCUT2D eigenvalue weighted by Gasteiger charge is 2.49. The number of hydrogen-bond acceptors (Lipinski definition) is 7. The van der Waals surface area contributed by atoms with Gasteiger partial charge in [0.25, 0.3) is 0 Å². The molecule has 3 heterocycles. The Hall–Kier alpha value is -3.30. The predicted octanol–water partition coefficient (Wildman–Crippen LogP) is 6.14. The Balaban J connectivity index is 0.979. The SMILES string of the molecule is COc1ccncc1CN1CCC(N(CCCOCCCCCN2CC[C@@H](C(C(N)=O)(c3ccccc3)c3ccccc3)C2)C(C)C)CC1. The molecule has 0 spiro atoms. The normalized spacial score (nSPS) is 18.0. The Morgan fingerprint density at radius 1 is 0.898 bits per heavy atom. The number of aromatic nitrogens is 1. The monoisotopic (exact) mass is 669 g/mol. The third kappa shape index (κ3) is 9.48. The van der Waals surface area contributed by atoms with E-state index in [0.29, 0.717) is 12.1 Å². The fraction of sp³-hybridized carbons (Fsp3) is 0.561. The van der Waals surface area contributed by atoms with E-state index in [0.717, 1.165) is 108 Å². The van der Waals surface area contributed by atoms with E-state index in [1.807, 2.05) is 48.7 Å². The number of methoxy groups -OCH3 is 1. The van der Waals surface area contributed by atoms with Crippen LogP contribution in [0.1, 0.15) is 75.5 Å².